The Hall–Kier alpha value is -2.27. The van der Waals surface area contributed by atoms with E-state index < -0.39 is 23.2 Å². The minimum atomic E-state index is -0.801. The highest BCUT2D eigenvalue weighted by atomic mass is 32.1. The maximum atomic E-state index is 11.8. The summed E-state index contributed by atoms with van der Waals surface area (Å²) >= 11 is 1.44. The van der Waals surface area contributed by atoms with Crippen LogP contribution in [0.3, 0.4) is 0 Å². The molecule has 100 valence electrons. The van der Waals surface area contributed by atoms with Gasteiger partial charge in [0.15, 0.2) is 5.76 Å². The average Bonchev–Trinajstić information content (AvgIpc) is 3.00. The van der Waals surface area contributed by atoms with Crippen molar-refractivity contribution in [2.75, 3.05) is 0 Å². The van der Waals surface area contributed by atoms with Crippen molar-refractivity contribution in [1.29, 1.82) is 0 Å². The third kappa shape index (κ3) is 2.06. The monoisotopic (exact) mass is 285 g/mol. The number of aliphatic hydroxyl groups is 1. The van der Waals surface area contributed by atoms with Crippen molar-refractivity contribution in [2.24, 2.45) is 0 Å². The Labute approximate surface area is 119 Å². The lowest BCUT2D eigenvalue weighted by molar-refractivity contribution is -0.134. The van der Waals surface area contributed by atoms with Gasteiger partial charge in [0.05, 0.1) is 5.92 Å². The largest absolute Gasteiger partial charge is 0.504 e. The van der Waals surface area contributed by atoms with Crippen molar-refractivity contribution in [2.45, 2.75) is 12.8 Å². The Bertz CT molecular complexity index is 745. The van der Waals surface area contributed by atoms with Crippen LogP contribution in [0.5, 0.6) is 0 Å². The molecule has 0 bridgehead atoms. The van der Waals surface area contributed by atoms with Gasteiger partial charge in [-0.25, -0.2) is 0 Å². The van der Waals surface area contributed by atoms with Crippen molar-refractivity contribution >= 4 is 22.9 Å². The van der Waals surface area contributed by atoms with Crippen LogP contribution in [0.1, 0.15) is 16.5 Å². The zero-order valence-corrected chi connectivity index (χ0v) is 11.5. The minimum absolute atomic E-state index is 0.449. The van der Waals surface area contributed by atoms with E-state index in [2.05, 4.69) is 4.98 Å². The first kappa shape index (κ1) is 12.7. The van der Waals surface area contributed by atoms with Crippen molar-refractivity contribution in [1.82, 2.24) is 4.98 Å². The molecule has 5 heteroatoms. The molecule has 0 aliphatic heterocycles. The third-order valence-corrected chi connectivity index (χ3v) is 4.40. The van der Waals surface area contributed by atoms with Gasteiger partial charge >= 0.3 is 0 Å². The van der Waals surface area contributed by atoms with Crippen LogP contribution in [0.2, 0.25) is 0 Å². The van der Waals surface area contributed by atoms with E-state index in [1.807, 2.05) is 31.2 Å². The SMILES string of the molecule is Cc1cc(-c2ccc(C3C=C(O)C(=O)C3=O)s2)ccn1. The Kier molecular flexibility index (Phi) is 2.99. The van der Waals surface area contributed by atoms with Crippen LogP contribution in [0, 0.1) is 6.92 Å². The molecule has 0 amide bonds. The maximum absolute atomic E-state index is 11.8. The number of carbonyl (C=O) groups excluding carboxylic acids is 2. The number of aromatic nitrogens is 1. The first-order valence-electron chi connectivity index (χ1n) is 6.08. The number of carbonyl (C=O) groups is 2. The third-order valence-electron chi connectivity index (χ3n) is 3.18. The summed E-state index contributed by atoms with van der Waals surface area (Å²) in [7, 11) is 0. The number of allylic oxidation sites excluding steroid dienone is 2. The van der Waals surface area contributed by atoms with Crippen LogP contribution in [-0.4, -0.2) is 21.7 Å². The predicted molar refractivity (Wildman–Crippen MR) is 75.8 cm³/mol. The standard InChI is InChI=1S/C15H11NO3S/c1-8-6-9(4-5-16-8)12-2-3-13(20-12)10-7-11(17)15(19)14(10)18/h2-7,10,17H,1H3. The van der Waals surface area contributed by atoms with Crippen LogP contribution in [0.25, 0.3) is 10.4 Å². The molecule has 1 unspecified atom stereocenters. The number of nitrogens with zero attached hydrogens (tertiary/aromatic N) is 1. The number of Topliss-reactive ketones (excluding diaryl/α,β-unsaturated/α-hetero) is 2. The van der Waals surface area contributed by atoms with Gasteiger partial charge in [-0.2, -0.15) is 0 Å². The quantitative estimate of drug-likeness (QED) is 0.862. The van der Waals surface area contributed by atoms with Crippen LogP contribution in [0.4, 0.5) is 0 Å². The molecule has 1 atom stereocenters. The molecule has 20 heavy (non-hydrogen) atoms. The number of ketones is 2. The highest BCUT2D eigenvalue weighted by Gasteiger charge is 2.35. The molecule has 0 spiro atoms. The fraction of sp³-hybridized carbons (Fsp3) is 0.133. The summed E-state index contributed by atoms with van der Waals surface area (Å²) in [5.41, 5.74) is 1.95. The molecule has 2 aromatic heterocycles. The summed E-state index contributed by atoms with van der Waals surface area (Å²) in [5, 5.41) is 9.35. The van der Waals surface area contributed by atoms with Gasteiger partial charge in [-0.3, -0.25) is 14.6 Å². The second-order valence-corrected chi connectivity index (χ2v) is 5.73. The van der Waals surface area contributed by atoms with E-state index in [1.54, 1.807) is 6.20 Å². The molecule has 4 nitrogen and oxygen atoms in total. The first-order valence-corrected chi connectivity index (χ1v) is 6.90. The summed E-state index contributed by atoms with van der Waals surface area (Å²) in [6.07, 6.45) is 3.05. The lowest BCUT2D eigenvalue weighted by Crippen LogP contribution is -2.13. The zero-order chi connectivity index (χ0) is 14.3. The molecule has 1 N–H and O–H groups in total. The molecule has 2 aromatic rings. The van der Waals surface area contributed by atoms with Gasteiger partial charge < -0.3 is 5.11 Å². The molecule has 1 aliphatic rings. The smallest absolute Gasteiger partial charge is 0.263 e. The van der Waals surface area contributed by atoms with Crippen molar-refractivity contribution in [3.63, 3.8) is 0 Å². The summed E-state index contributed by atoms with van der Waals surface area (Å²) in [6, 6.07) is 7.60. The van der Waals surface area contributed by atoms with Gasteiger partial charge in [0.1, 0.15) is 0 Å². The molecule has 0 saturated heterocycles. The van der Waals surface area contributed by atoms with E-state index in [9.17, 15) is 14.7 Å². The number of aliphatic hydroxyl groups excluding tert-OH is 1. The molecular weight excluding hydrogens is 274 g/mol. The van der Waals surface area contributed by atoms with Crippen LogP contribution >= 0.6 is 11.3 Å². The summed E-state index contributed by atoms with van der Waals surface area (Å²) < 4.78 is 0. The molecular formula is C15H11NO3S. The summed E-state index contributed by atoms with van der Waals surface area (Å²) in [6.45, 7) is 1.91. The second-order valence-electron chi connectivity index (χ2n) is 4.61. The van der Waals surface area contributed by atoms with E-state index >= 15 is 0 Å². The van der Waals surface area contributed by atoms with E-state index in [0.717, 1.165) is 21.0 Å². The lowest BCUT2D eigenvalue weighted by Gasteiger charge is -2.01. The number of hydrogen-bond donors (Lipinski definition) is 1. The molecule has 1 aliphatic carbocycles. The normalized spacial score (nSPS) is 18.4. The molecule has 3 rings (SSSR count). The van der Waals surface area contributed by atoms with Crippen LogP contribution in [-0.2, 0) is 9.59 Å². The summed E-state index contributed by atoms with van der Waals surface area (Å²) in [4.78, 5) is 29.0. The van der Waals surface area contributed by atoms with E-state index in [4.69, 9.17) is 0 Å². The van der Waals surface area contributed by atoms with Crippen molar-refractivity contribution < 1.29 is 14.7 Å². The molecule has 0 aromatic carbocycles. The zero-order valence-electron chi connectivity index (χ0n) is 10.7. The number of pyridine rings is 1. The van der Waals surface area contributed by atoms with E-state index in [-0.39, 0.29) is 0 Å². The fourth-order valence-electron chi connectivity index (χ4n) is 2.16. The van der Waals surface area contributed by atoms with Crippen molar-refractivity contribution in [3.05, 3.63) is 52.9 Å². The maximum Gasteiger partial charge on any atom is 0.263 e. The summed E-state index contributed by atoms with van der Waals surface area (Å²) in [5.74, 6) is -2.47. The Morgan fingerprint density at radius 2 is 2.05 bits per heavy atom. The van der Waals surface area contributed by atoms with Gasteiger partial charge in [0.2, 0.25) is 5.78 Å². The highest BCUT2D eigenvalue weighted by molar-refractivity contribution is 7.15. The van der Waals surface area contributed by atoms with Crippen LogP contribution < -0.4 is 0 Å². The number of hydrogen-bond acceptors (Lipinski definition) is 5. The highest BCUT2D eigenvalue weighted by Crippen LogP contribution is 2.36. The number of rotatable bonds is 2. The Balaban J connectivity index is 1.96. The van der Waals surface area contributed by atoms with E-state index in [1.165, 1.54) is 17.4 Å². The number of thiophene rings is 1. The molecule has 0 radical (unpaired) electrons. The molecule has 0 fully saturated rings. The average molecular weight is 285 g/mol. The Morgan fingerprint density at radius 3 is 2.70 bits per heavy atom. The lowest BCUT2D eigenvalue weighted by atomic mass is 10.1. The van der Waals surface area contributed by atoms with Gasteiger partial charge in [-0.15, -0.1) is 11.3 Å². The molecule has 0 saturated carbocycles. The molecule has 2 heterocycles. The topological polar surface area (TPSA) is 67.3 Å². The second kappa shape index (κ2) is 4.68. The van der Waals surface area contributed by atoms with Crippen LogP contribution in [0.15, 0.2) is 42.3 Å². The van der Waals surface area contributed by atoms with E-state index in [0.29, 0.717) is 0 Å². The number of aryl methyl sites for hydroxylation is 1. The fourth-order valence-corrected chi connectivity index (χ4v) is 3.23. The van der Waals surface area contributed by atoms with Crippen molar-refractivity contribution in [3.8, 4) is 10.4 Å². The minimum Gasteiger partial charge on any atom is -0.504 e. The predicted octanol–water partition coefficient (Wildman–Crippen LogP) is 2.80. The van der Waals surface area contributed by atoms with Gasteiger partial charge in [0.25, 0.3) is 5.78 Å². The van der Waals surface area contributed by atoms with Gasteiger partial charge in [-0.05, 0) is 42.8 Å². The Morgan fingerprint density at radius 1 is 1.25 bits per heavy atom. The van der Waals surface area contributed by atoms with Gasteiger partial charge in [-0.1, -0.05) is 0 Å². The van der Waals surface area contributed by atoms with Gasteiger partial charge in [0, 0.05) is 21.6 Å². The first-order chi connectivity index (χ1) is 9.56.